The number of imide groups is 1. The number of hydrogen-bond donors (Lipinski definition) is 0. The van der Waals surface area contributed by atoms with Crippen LogP contribution in [0.5, 0.6) is 11.5 Å². The van der Waals surface area contributed by atoms with Crippen LogP contribution in [-0.2, 0) is 25.7 Å². The number of halogens is 1. The Morgan fingerprint density at radius 1 is 1.14 bits per heavy atom. The number of hydrogen-bond acceptors (Lipinski definition) is 6. The van der Waals surface area contributed by atoms with Crippen molar-refractivity contribution in [1.82, 2.24) is 4.90 Å². The Hall–Kier alpha value is -2.09. The van der Waals surface area contributed by atoms with Crippen LogP contribution in [0.4, 0.5) is 0 Å². The van der Waals surface area contributed by atoms with Gasteiger partial charge in [-0.15, -0.1) is 0 Å². The van der Waals surface area contributed by atoms with E-state index in [1.165, 1.54) is 0 Å². The van der Waals surface area contributed by atoms with Crippen LogP contribution >= 0.6 is 15.9 Å². The second-order valence-corrected chi connectivity index (χ2v) is 8.27. The smallest absolute Gasteiger partial charge is 0.329 e. The molecule has 0 N–H and O–H groups in total. The number of benzene rings is 1. The largest absolute Gasteiger partial charge is 0.486 e. The van der Waals surface area contributed by atoms with Gasteiger partial charge in [-0.25, -0.2) is 4.79 Å². The molecule has 2 fully saturated rings. The first-order valence-corrected chi connectivity index (χ1v) is 10.4. The van der Waals surface area contributed by atoms with E-state index in [1.807, 2.05) is 0 Å². The van der Waals surface area contributed by atoms with Gasteiger partial charge in [0.05, 0.1) is 11.8 Å². The molecule has 1 saturated heterocycles. The van der Waals surface area contributed by atoms with Crippen molar-refractivity contribution in [3.05, 3.63) is 22.2 Å². The van der Waals surface area contributed by atoms with E-state index in [4.69, 9.17) is 14.2 Å². The molecule has 3 atom stereocenters. The number of carbonyl (C=O) groups is 3. The third kappa shape index (κ3) is 3.38. The highest BCUT2D eigenvalue weighted by Gasteiger charge is 2.51. The fraction of sp³-hybridized carbons (Fsp3) is 0.550. The highest BCUT2D eigenvalue weighted by molar-refractivity contribution is 9.10. The normalized spacial score (nSPS) is 24.7. The minimum absolute atomic E-state index is 0.00345. The first kappa shape index (κ1) is 19.2. The van der Waals surface area contributed by atoms with Crippen molar-refractivity contribution in [3.8, 4) is 11.5 Å². The predicted octanol–water partition coefficient (Wildman–Crippen LogP) is 2.83. The fourth-order valence-electron chi connectivity index (χ4n) is 4.16. The quantitative estimate of drug-likeness (QED) is 0.516. The summed E-state index contributed by atoms with van der Waals surface area (Å²) in [4.78, 5) is 39.0. The molecule has 28 heavy (non-hydrogen) atoms. The van der Waals surface area contributed by atoms with Crippen LogP contribution in [0.25, 0.3) is 0 Å². The molecule has 0 aromatic heterocycles. The van der Waals surface area contributed by atoms with E-state index in [9.17, 15) is 14.4 Å². The van der Waals surface area contributed by atoms with E-state index in [2.05, 4.69) is 15.9 Å². The van der Waals surface area contributed by atoms with Crippen LogP contribution in [-0.4, -0.2) is 41.9 Å². The summed E-state index contributed by atoms with van der Waals surface area (Å²) in [5, 5.41) is 0. The molecule has 0 radical (unpaired) electrons. The first-order chi connectivity index (χ1) is 13.5. The molecule has 2 aliphatic heterocycles. The number of ether oxygens (including phenoxy) is 3. The van der Waals surface area contributed by atoms with Crippen molar-refractivity contribution in [2.45, 2.75) is 45.3 Å². The zero-order valence-corrected chi connectivity index (χ0v) is 17.2. The molecular weight excluding hydrogens is 430 g/mol. The maximum atomic E-state index is 12.6. The number of rotatable bonds is 4. The standard InChI is InChI=1S/C20H22BrNO6/c1-11(22-18(23)13-4-2-3-5-14(13)19(22)24)20(25)28-10-12-8-16-17(9-15(12)21)27-7-6-26-16/h8-9,11,13-14H,2-7,10H2,1H3/t11-,13?,14?/m0/s1. The number of amides is 2. The minimum atomic E-state index is -0.929. The maximum absolute atomic E-state index is 12.6. The molecule has 2 unspecified atom stereocenters. The van der Waals surface area contributed by atoms with Crippen LogP contribution in [0, 0.1) is 11.8 Å². The molecular formula is C20H22BrNO6. The third-order valence-corrected chi connectivity index (χ3v) is 6.42. The number of esters is 1. The molecule has 3 aliphatic rings. The molecule has 0 spiro atoms. The van der Waals surface area contributed by atoms with E-state index in [0.717, 1.165) is 40.6 Å². The van der Waals surface area contributed by atoms with Crippen LogP contribution in [0.1, 0.15) is 38.2 Å². The number of fused-ring (bicyclic) bond motifs is 2. The maximum Gasteiger partial charge on any atom is 0.329 e. The van der Waals surface area contributed by atoms with Crippen molar-refractivity contribution in [2.24, 2.45) is 11.8 Å². The first-order valence-electron chi connectivity index (χ1n) is 9.59. The van der Waals surface area contributed by atoms with Gasteiger partial charge in [-0.3, -0.25) is 14.5 Å². The van der Waals surface area contributed by atoms with Gasteiger partial charge in [0.1, 0.15) is 25.9 Å². The van der Waals surface area contributed by atoms with E-state index >= 15 is 0 Å². The van der Waals surface area contributed by atoms with Crippen molar-refractivity contribution in [3.63, 3.8) is 0 Å². The molecule has 2 heterocycles. The van der Waals surface area contributed by atoms with E-state index in [1.54, 1.807) is 19.1 Å². The van der Waals surface area contributed by atoms with Crippen molar-refractivity contribution < 1.29 is 28.6 Å². The number of carbonyl (C=O) groups excluding carboxylic acids is 3. The second-order valence-electron chi connectivity index (χ2n) is 7.41. The summed E-state index contributed by atoms with van der Waals surface area (Å²) in [6.07, 6.45) is 3.34. The Labute approximate surface area is 171 Å². The van der Waals surface area contributed by atoms with Crippen molar-refractivity contribution in [2.75, 3.05) is 13.2 Å². The molecule has 8 heteroatoms. The Morgan fingerprint density at radius 3 is 2.32 bits per heavy atom. The molecule has 1 aromatic rings. The molecule has 1 saturated carbocycles. The minimum Gasteiger partial charge on any atom is -0.486 e. The van der Waals surface area contributed by atoms with Crippen LogP contribution < -0.4 is 9.47 Å². The topological polar surface area (TPSA) is 82.1 Å². The second kappa shape index (κ2) is 7.73. The molecule has 150 valence electrons. The molecule has 1 aliphatic carbocycles. The average molecular weight is 452 g/mol. The van der Waals surface area contributed by atoms with Gasteiger partial charge in [0, 0.05) is 10.0 Å². The van der Waals surface area contributed by atoms with Crippen LogP contribution in [0.3, 0.4) is 0 Å². The molecule has 4 rings (SSSR count). The lowest BCUT2D eigenvalue weighted by Gasteiger charge is -2.22. The highest BCUT2D eigenvalue weighted by Crippen LogP contribution is 2.39. The summed E-state index contributed by atoms with van der Waals surface area (Å²) < 4.78 is 17.2. The predicted molar refractivity (Wildman–Crippen MR) is 102 cm³/mol. The van der Waals surface area contributed by atoms with Gasteiger partial charge in [-0.05, 0) is 31.9 Å². The average Bonchev–Trinajstić information content (AvgIpc) is 2.96. The summed E-state index contributed by atoms with van der Waals surface area (Å²) >= 11 is 3.44. The summed E-state index contributed by atoms with van der Waals surface area (Å²) in [5.41, 5.74) is 0.720. The van der Waals surface area contributed by atoms with Crippen LogP contribution in [0.15, 0.2) is 16.6 Å². The lowest BCUT2D eigenvalue weighted by molar-refractivity contribution is -0.159. The van der Waals surface area contributed by atoms with Gasteiger partial charge < -0.3 is 14.2 Å². The summed E-state index contributed by atoms with van der Waals surface area (Å²) in [7, 11) is 0. The zero-order chi connectivity index (χ0) is 19.8. The molecule has 2 amide bonds. The van der Waals surface area contributed by atoms with Crippen molar-refractivity contribution in [1.29, 1.82) is 0 Å². The Morgan fingerprint density at radius 2 is 1.71 bits per heavy atom. The number of likely N-dealkylation sites (tertiary alicyclic amines) is 1. The highest BCUT2D eigenvalue weighted by atomic mass is 79.9. The Balaban J connectivity index is 1.43. The Bertz CT molecular complexity index is 801. The molecule has 1 aromatic carbocycles. The Kier molecular flexibility index (Phi) is 5.31. The third-order valence-electron chi connectivity index (χ3n) is 5.68. The fourth-order valence-corrected chi connectivity index (χ4v) is 4.60. The summed E-state index contributed by atoms with van der Waals surface area (Å²) in [5.74, 6) is -0.381. The lowest BCUT2D eigenvalue weighted by Crippen LogP contribution is -2.44. The lowest BCUT2D eigenvalue weighted by atomic mass is 9.81. The zero-order valence-electron chi connectivity index (χ0n) is 15.6. The molecule has 7 nitrogen and oxygen atoms in total. The van der Waals surface area contributed by atoms with E-state index in [-0.39, 0.29) is 30.3 Å². The van der Waals surface area contributed by atoms with E-state index in [0.29, 0.717) is 24.7 Å². The van der Waals surface area contributed by atoms with Gasteiger partial charge in [0.15, 0.2) is 11.5 Å². The summed E-state index contributed by atoms with van der Waals surface area (Å²) in [6.45, 7) is 2.51. The van der Waals surface area contributed by atoms with E-state index < -0.39 is 12.0 Å². The molecule has 0 bridgehead atoms. The number of nitrogens with zero attached hydrogens (tertiary/aromatic N) is 1. The SMILES string of the molecule is C[C@@H](C(=O)OCc1cc2c(cc1Br)OCCO2)N1C(=O)C2CCCCC2C1=O. The van der Waals surface area contributed by atoms with Crippen molar-refractivity contribution >= 4 is 33.7 Å². The van der Waals surface area contributed by atoms with Crippen LogP contribution in [0.2, 0.25) is 0 Å². The monoisotopic (exact) mass is 451 g/mol. The summed E-state index contributed by atoms with van der Waals surface area (Å²) in [6, 6.07) is 2.61. The van der Waals surface area contributed by atoms with Gasteiger partial charge in [0.25, 0.3) is 0 Å². The van der Waals surface area contributed by atoms with Gasteiger partial charge in [-0.2, -0.15) is 0 Å². The van der Waals surface area contributed by atoms with Gasteiger partial charge in [0.2, 0.25) is 11.8 Å². The van der Waals surface area contributed by atoms with Gasteiger partial charge >= 0.3 is 5.97 Å². The van der Waals surface area contributed by atoms with Gasteiger partial charge in [-0.1, -0.05) is 28.8 Å².